The molecule has 2 atom stereocenters. The van der Waals surface area contributed by atoms with Crippen molar-refractivity contribution in [2.45, 2.75) is 58.0 Å². The van der Waals surface area contributed by atoms with Gasteiger partial charge >= 0.3 is 0 Å². The van der Waals surface area contributed by atoms with Crippen molar-refractivity contribution < 1.29 is 19.2 Å². The topological polar surface area (TPSA) is 172 Å². The highest BCUT2D eigenvalue weighted by atomic mass is 32.1. The molecular formula is C34H40N8O4S2. The number of thiazole rings is 2. The Morgan fingerprint density at radius 3 is 2.27 bits per heavy atom. The average Bonchev–Trinajstić information content (AvgIpc) is 3.76. The standard InChI is InChI=1S/C34H40N8O4S2/c1-21(2)17-24-32-41-27(20-48-32)31(45)39-25(18-22-9-4-3-5-10-22)33-40-26(19-47-33)30(44)36-14-8-16-42(15-7-13-29(43)38-24)34(46)23-11-6-12-28(35)37-23/h3-6,9-12,19-21,24-25H,7-8,13-18H2,1-2H3,(H2,35,37)(H,36,44)(H,38,43)(H,39,45)/t24-,25-/m0/s1. The lowest BCUT2D eigenvalue weighted by Crippen LogP contribution is -2.36. The van der Waals surface area contributed by atoms with Crippen molar-refractivity contribution in [2.24, 2.45) is 5.92 Å². The van der Waals surface area contributed by atoms with Crippen molar-refractivity contribution in [1.29, 1.82) is 0 Å². The van der Waals surface area contributed by atoms with Crippen LogP contribution < -0.4 is 21.7 Å². The highest BCUT2D eigenvalue weighted by Gasteiger charge is 2.26. The van der Waals surface area contributed by atoms with E-state index in [0.29, 0.717) is 55.3 Å². The molecule has 0 fully saturated rings. The predicted octanol–water partition coefficient (Wildman–Crippen LogP) is 4.55. The van der Waals surface area contributed by atoms with Gasteiger partial charge in [0.1, 0.15) is 32.9 Å². The number of nitrogens with one attached hydrogen (secondary N) is 3. The maximum absolute atomic E-state index is 13.5. The largest absolute Gasteiger partial charge is 0.384 e. The highest BCUT2D eigenvalue weighted by Crippen LogP contribution is 2.27. The fourth-order valence-corrected chi connectivity index (χ4v) is 7.10. The first kappa shape index (κ1) is 34.6. The van der Waals surface area contributed by atoms with Crippen LogP contribution in [0.5, 0.6) is 0 Å². The first-order valence-corrected chi connectivity index (χ1v) is 17.8. The number of nitrogen functional groups attached to an aromatic ring is 1. The second-order valence-corrected chi connectivity index (χ2v) is 13.8. The quantitative estimate of drug-likeness (QED) is 0.237. The Bertz CT molecular complexity index is 1720. The number of hydrogen-bond acceptors (Lipinski definition) is 10. The van der Waals surface area contributed by atoms with Crippen LogP contribution >= 0.6 is 22.7 Å². The zero-order chi connectivity index (χ0) is 34.0. The van der Waals surface area contributed by atoms with Gasteiger partial charge in [-0.2, -0.15) is 0 Å². The van der Waals surface area contributed by atoms with Gasteiger partial charge in [-0.3, -0.25) is 19.2 Å². The molecular weight excluding hydrogens is 649 g/mol. The molecule has 12 nitrogen and oxygen atoms in total. The van der Waals surface area contributed by atoms with Gasteiger partial charge in [0.2, 0.25) is 5.91 Å². The van der Waals surface area contributed by atoms with E-state index in [2.05, 4.69) is 44.7 Å². The number of nitrogens with two attached hydrogens (primary N) is 1. The summed E-state index contributed by atoms with van der Waals surface area (Å²) >= 11 is 2.63. The molecule has 14 heteroatoms. The summed E-state index contributed by atoms with van der Waals surface area (Å²) < 4.78 is 0. The van der Waals surface area contributed by atoms with Crippen molar-refractivity contribution in [1.82, 2.24) is 35.8 Å². The van der Waals surface area contributed by atoms with Crippen LogP contribution in [0, 0.1) is 5.92 Å². The van der Waals surface area contributed by atoms with Gasteiger partial charge in [-0.05, 0) is 49.3 Å². The maximum Gasteiger partial charge on any atom is 0.272 e. The second kappa shape index (κ2) is 16.4. The molecule has 48 heavy (non-hydrogen) atoms. The molecule has 1 aromatic carbocycles. The van der Waals surface area contributed by atoms with Crippen LogP contribution in [0.15, 0.2) is 59.3 Å². The van der Waals surface area contributed by atoms with Crippen molar-refractivity contribution >= 4 is 52.1 Å². The molecule has 4 heterocycles. The Kier molecular flexibility index (Phi) is 11.9. The highest BCUT2D eigenvalue weighted by molar-refractivity contribution is 7.10. The molecule has 0 radical (unpaired) electrons. The number of hydrogen-bond donors (Lipinski definition) is 4. The van der Waals surface area contributed by atoms with E-state index in [0.717, 1.165) is 5.56 Å². The maximum atomic E-state index is 13.5. The molecule has 0 saturated heterocycles. The van der Waals surface area contributed by atoms with E-state index in [1.165, 1.54) is 22.7 Å². The minimum absolute atomic E-state index is 0.170. The van der Waals surface area contributed by atoms with Crippen molar-refractivity contribution in [3.05, 3.63) is 92.0 Å². The third kappa shape index (κ3) is 9.44. The van der Waals surface area contributed by atoms with Crippen LogP contribution in [-0.2, 0) is 11.2 Å². The third-order valence-corrected chi connectivity index (χ3v) is 9.65. The molecule has 0 spiro atoms. The van der Waals surface area contributed by atoms with Crippen molar-refractivity contribution in [3.8, 4) is 0 Å². The Morgan fingerprint density at radius 1 is 0.875 bits per heavy atom. The fraction of sp³-hybridized carbons (Fsp3) is 0.382. The minimum Gasteiger partial charge on any atom is -0.384 e. The number of aromatic nitrogens is 3. The fourth-order valence-electron chi connectivity index (χ4n) is 5.39. The minimum atomic E-state index is -0.503. The molecule has 0 aliphatic carbocycles. The number of pyridine rings is 1. The number of rotatable bonds is 5. The number of amides is 4. The number of fused-ring (bicyclic) bond motifs is 4. The van der Waals surface area contributed by atoms with E-state index >= 15 is 0 Å². The number of nitrogens with zero attached hydrogens (tertiary/aromatic N) is 4. The first-order chi connectivity index (χ1) is 23.2. The smallest absolute Gasteiger partial charge is 0.272 e. The van der Waals surface area contributed by atoms with Gasteiger partial charge in [0.25, 0.3) is 17.7 Å². The zero-order valence-corrected chi connectivity index (χ0v) is 28.6. The van der Waals surface area contributed by atoms with Crippen LogP contribution in [0.25, 0.3) is 0 Å². The van der Waals surface area contributed by atoms with E-state index < -0.39 is 6.04 Å². The van der Waals surface area contributed by atoms with E-state index in [1.54, 1.807) is 33.9 Å². The summed E-state index contributed by atoms with van der Waals surface area (Å²) in [5.41, 5.74) is 7.55. The van der Waals surface area contributed by atoms with Gasteiger partial charge in [-0.15, -0.1) is 22.7 Å². The number of carbonyl (C=O) groups excluding carboxylic acids is 4. The van der Waals surface area contributed by atoms with Gasteiger partial charge < -0.3 is 26.6 Å². The lowest BCUT2D eigenvalue weighted by molar-refractivity contribution is -0.122. The van der Waals surface area contributed by atoms with Crippen LogP contribution in [0.4, 0.5) is 5.82 Å². The molecule has 4 amide bonds. The summed E-state index contributed by atoms with van der Waals surface area (Å²) in [6.45, 7) is 5.08. The lowest BCUT2D eigenvalue weighted by Gasteiger charge is -2.23. The molecule has 0 unspecified atom stereocenters. The van der Waals surface area contributed by atoms with Crippen LogP contribution in [-0.4, -0.2) is 63.1 Å². The Morgan fingerprint density at radius 2 is 1.56 bits per heavy atom. The molecule has 4 bridgehead atoms. The molecule has 1 aliphatic rings. The molecule has 0 saturated carbocycles. The second-order valence-electron chi connectivity index (χ2n) is 12.1. The average molecular weight is 689 g/mol. The molecule has 5 N–H and O–H groups in total. The van der Waals surface area contributed by atoms with Gasteiger partial charge in [0.15, 0.2) is 0 Å². The van der Waals surface area contributed by atoms with Crippen LogP contribution in [0.1, 0.15) is 98.7 Å². The first-order valence-electron chi connectivity index (χ1n) is 16.0. The van der Waals surface area contributed by atoms with E-state index in [-0.39, 0.29) is 64.9 Å². The molecule has 4 aromatic rings. The summed E-state index contributed by atoms with van der Waals surface area (Å²) in [6, 6.07) is 13.8. The van der Waals surface area contributed by atoms with Gasteiger partial charge in [0.05, 0.1) is 12.1 Å². The van der Waals surface area contributed by atoms with Gasteiger partial charge in [-0.1, -0.05) is 50.2 Å². The van der Waals surface area contributed by atoms with Crippen molar-refractivity contribution in [2.75, 3.05) is 25.4 Å². The Labute approximate surface area is 287 Å². The molecule has 3 aromatic heterocycles. The normalized spacial score (nSPS) is 18.4. The molecule has 5 rings (SSSR count). The number of carbonyl (C=O) groups is 4. The Hall–Kier alpha value is -4.69. The summed E-state index contributed by atoms with van der Waals surface area (Å²) in [5, 5.41) is 13.7. The summed E-state index contributed by atoms with van der Waals surface area (Å²) in [5.74, 6) is -0.679. The summed E-state index contributed by atoms with van der Waals surface area (Å²) in [4.78, 5) is 68.3. The summed E-state index contributed by atoms with van der Waals surface area (Å²) in [7, 11) is 0. The van der Waals surface area contributed by atoms with Gasteiger partial charge in [0, 0.05) is 36.8 Å². The van der Waals surface area contributed by atoms with Crippen LogP contribution in [0.3, 0.4) is 0 Å². The SMILES string of the molecule is CC(C)C[C@@H]1NC(=O)CCCN(C(=O)c2cccc(N)n2)CCCNC(=O)c2csc(n2)[C@H](Cc2ccccc2)NC(=O)c2csc1n2. The third-order valence-electron chi connectivity index (χ3n) is 7.73. The number of anilines is 1. The van der Waals surface area contributed by atoms with E-state index in [4.69, 9.17) is 5.73 Å². The Balaban J connectivity index is 1.41. The zero-order valence-electron chi connectivity index (χ0n) is 27.0. The van der Waals surface area contributed by atoms with Crippen molar-refractivity contribution in [3.63, 3.8) is 0 Å². The van der Waals surface area contributed by atoms with E-state index in [1.807, 2.05) is 30.3 Å². The molecule has 252 valence electrons. The van der Waals surface area contributed by atoms with Crippen LogP contribution in [0.2, 0.25) is 0 Å². The lowest BCUT2D eigenvalue weighted by atomic mass is 10.0. The predicted molar refractivity (Wildman–Crippen MR) is 186 cm³/mol. The molecule has 1 aliphatic heterocycles. The number of benzene rings is 1. The van der Waals surface area contributed by atoms with Gasteiger partial charge in [-0.25, -0.2) is 15.0 Å². The summed E-state index contributed by atoms with van der Waals surface area (Å²) in [6.07, 6.45) is 2.18. The van der Waals surface area contributed by atoms with E-state index in [9.17, 15) is 19.2 Å². The monoisotopic (exact) mass is 688 g/mol.